The van der Waals surface area contributed by atoms with Gasteiger partial charge in [0, 0.05) is 25.2 Å². The summed E-state index contributed by atoms with van der Waals surface area (Å²) >= 11 is 0. The third-order valence-electron chi connectivity index (χ3n) is 3.22. The zero-order chi connectivity index (χ0) is 15.3. The number of aromatic nitrogens is 1. The van der Waals surface area contributed by atoms with E-state index in [0.29, 0.717) is 5.75 Å². The molecule has 8 heteroatoms. The minimum Gasteiger partial charge on any atom is -0.489 e. The number of hydrogen-bond acceptors (Lipinski definition) is 5. The summed E-state index contributed by atoms with van der Waals surface area (Å²) < 4.78 is 44.3. The quantitative estimate of drug-likeness (QED) is 0.842. The van der Waals surface area contributed by atoms with Gasteiger partial charge in [0.2, 0.25) is 0 Å². The maximum absolute atomic E-state index is 11.8. The Morgan fingerprint density at radius 2 is 1.95 bits per heavy atom. The summed E-state index contributed by atoms with van der Waals surface area (Å²) in [6, 6.07) is 1.99. The molecule has 1 aromatic heterocycles. The Bertz CT molecular complexity index is 449. The first-order valence-electron chi connectivity index (χ1n) is 6.73. The Balaban J connectivity index is 1.83. The number of ether oxygens (including phenoxy) is 2. The van der Waals surface area contributed by atoms with Crippen LogP contribution in [0.3, 0.4) is 0 Å². The fourth-order valence-electron chi connectivity index (χ4n) is 2.13. The van der Waals surface area contributed by atoms with Crippen LogP contribution in [0.4, 0.5) is 18.9 Å². The number of nitrogens with two attached hydrogens (primary N) is 1. The number of rotatable bonds is 5. The van der Waals surface area contributed by atoms with Gasteiger partial charge < -0.3 is 15.4 Å². The maximum atomic E-state index is 11.8. The SMILES string of the molecule is NC1CCN(c2cncc(OCCOC(F)(F)F)c2)CC1. The van der Waals surface area contributed by atoms with Gasteiger partial charge in [-0.25, -0.2) is 0 Å². The van der Waals surface area contributed by atoms with Crippen LogP contribution >= 0.6 is 0 Å². The molecule has 1 aliphatic rings. The third kappa shape index (κ3) is 5.39. The van der Waals surface area contributed by atoms with Crippen molar-refractivity contribution in [2.75, 3.05) is 31.2 Å². The second-order valence-electron chi connectivity index (χ2n) is 4.85. The van der Waals surface area contributed by atoms with E-state index < -0.39 is 13.0 Å². The number of hydrogen-bond donors (Lipinski definition) is 1. The molecule has 2 N–H and O–H groups in total. The lowest BCUT2D eigenvalue weighted by molar-refractivity contribution is -0.325. The van der Waals surface area contributed by atoms with Gasteiger partial charge in [-0.15, -0.1) is 13.2 Å². The fourth-order valence-corrected chi connectivity index (χ4v) is 2.13. The molecule has 0 spiro atoms. The lowest BCUT2D eigenvalue weighted by Gasteiger charge is -2.31. The van der Waals surface area contributed by atoms with Crippen molar-refractivity contribution >= 4 is 5.69 Å². The maximum Gasteiger partial charge on any atom is 0.522 e. The van der Waals surface area contributed by atoms with Gasteiger partial charge in [-0.1, -0.05) is 0 Å². The van der Waals surface area contributed by atoms with Crippen LogP contribution in [0, 0.1) is 0 Å². The van der Waals surface area contributed by atoms with Gasteiger partial charge in [0.25, 0.3) is 0 Å². The largest absolute Gasteiger partial charge is 0.522 e. The summed E-state index contributed by atoms with van der Waals surface area (Å²) in [7, 11) is 0. The van der Waals surface area contributed by atoms with Crippen LogP contribution in [0.1, 0.15) is 12.8 Å². The van der Waals surface area contributed by atoms with E-state index in [-0.39, 0.29) is 12.6 Å². The summed E-state index contributed by atoms with van der Waals surface area (Å²) in [6.45, 7) is 0.939. The van der Waals surface area contributed by atoms with E-state index in [1.165, 1.54) is 6.20 Å². The molecule has 0 bridgehead atoms. The van der Waals surface area contributed by atoms with E-state index in [1.54, 1.807) is 12.3 Å². The highest BCUT2D eigenvalue weighted by Crippen LogP contribution is 2.23. The summed E-state index contributed by atoms with van der Waals surface area (Å²) in [6.07, 6.45) is 0.355. The van der Waals surface area contributed by atoms with Crippen molar-refractivity contribution in [2.24, 2.45) is 5.73 Å². The number of anilines is 1. The first kappa shape index (κ1) is 15.8. The highest BCUT2D eigenvalue weighted by atomic mass is 19.4. The van der Waals surface area contributed by atoms with Crippen LogP contribution in [-0.4, -0.2) is 43.7 Å². The Kier molecular flexibility index (Phi) is 5.24. The van der Waals surface area contributed by atoms with E-state index in [0.717, 1.165) is 31.6 Å². The van der Waals surface area contributed by atoms with Crippen LogP contribution in [0.5, 0.6) is 5.75 Å². The lowest BCUT2D eigenvalue weighted by atomic mass is 10.1. The molecule has 1 aromatic rings. The highest BCUT2D eigenvalue weighted by Gasteiger charge is 2.28. The number of halogens is 3. The van der Waals surface area contributed by atoms with E-state index in [1.807, 2.05) is 0 Å². The first-order chi connectivity index (χ1) is 9.94. The van der Waals surface area contributed by atoms with Crippen molar-refractivity contribution in [3.8, 4) is 5.75 Å². The second kappa shape index (κ2) is 6.95. The molecule has 21 heavy (non-hydrogen) atoms. The second-order valence-corrected chi connectivity index (χ2v) is 4.85. The predicted molar refractivity (Wildman–Crippen MR) is 71.2 cm³/mol. The number of piperidine rings is 1. The van der Waals surface area contributed by atoms with Gasteiger partial charge in [0.1, 0.15) is 12.4 Å². The average molecular weight is 305 g/mol. The molecule has 0 aliphatic carbocycles. The fraction of sp³-hybridized carbons (Fsp3) is 0.615. The van der Waals surface area contributed by atoms with Crippen LogP contribution in [0.25, 0.3) is 0 Å². The first-order valence-corrected chi connectivity index (χ1v) is 6.73. The summed E-state index contributed by atoms with van der Waals surface area (Å²) in [5, 5.41) is 0. The number of pyridine rings is 1. The van der Waals surface area contributed by atoms with Crippen LogP contribution in [0.2, 0.25) is 0 Å². The molecule has 2 rings (SSSR count). The molecule has 5 nitrogen and oxygen atoms in total. The standard InChI is InChI=1S/C13H18F3N3O2/c14-13(15,16)21-6-5-20-12-7-11(8-18-9-12)19-3-1-10(17)2-4-19/h7-10H,1-6,17H2. The minimum absolute atomic E-state index is 0.185. The Morgan fingerprint density at radius 1 is 1.24 bits per heavy atom. The molecule has 118 valence electrons. The Labute approximate surface area is 120 Å². The number of alkyl halides is 3. The average Bonchev–Trinajstić information content (AvgIpc) is 2.44. The monoisotopic (exact) mass is 305 g/mol. The smallest absolute Gasteiger partial charge is 0.489 e. The van der Waals surface area contributed by atoms with Gasteiger partial charge in [-0.2, -0.15) is 0 Å². The molecule has 0 amide bonds. The van der Waals surface area contributed by atoms with Gasteiger partial charge in [-0.3, -0.25) is 9.72 Å². The molecule has 0 atom stereocenters. The normalized spacial score (nSPS) is 17.0. The van der Waals surface area contributed by atoms with Crippen molar-refractivity contribution in [3.05, 3.63) is 18.5 Å². The van der Waals surface area contributed by atoms with Gasteiger partial charge in [0.15, 0.2) is 0 Å². The molecule has 2 heterocycles. The molecule has 0 saturated carbocycles. The third-order valence-corrected chi connectivity index (χ3v) is 3.22. The topological polar surface area (TPSA) is 60.6 Å². The van der Waals surface area contributed by atoms with Crippen molar-refractivity contribution < 1.29 is 22.6 Å². The van der Waals surface area contributed by atoms with E-state index >= 15 is 0 Å². The molecule has 1 saturated heterocycles. The molecule has 1 fully saturated rings. The van der Waals surface area contributed by atoms with Crippen molar-refractivity contribution in [2.45, 2.75) is 25.2 Å². The molecular weight excluding hydrogens is 287 g/mol. The van der Waals surface area contributed by atoms with Crippen LogP contribution < -0.4 is 15.4 Å². The molecule has 0 radical (unpaired) electrons. The molecular formula is C13H18F3N3O2. The Hall–Kier alpha value is -1.54. The van der Waals surface area contributed by atoms with Crippen molar-refractivity contribution in [3.63, 3.8) is 0 Å². The summed E-state index contributed by atoms with van der Waals surface area (Å²) in [5.74, 6) is 0.424. The highest BCUT2D eigenvalue weighted by molar-refractivity contribution is 5.48. The van der Waals surface area contributed by atoms with E-state index in [4.69, 9.17) is 10.5 Å². The van der Waals surface area contributed by atoms with Crippen molar-refractivity contribution in [1.29, 1.82) is 0 Å². The van der Waals surface area contributed by atoms with Gasteiger partial charge in [-0.05, 0) is 12.8 Å². The molecule has 1 aliphatic heterocycles. The summed E-state index contributed by atoms with van der Waals surface area (Å²) in [4.78, 5) is 6.18. The minimum atomic E-state index is -4.63. The lowest BCUT2D eigenvalue weighted by Crippen LogP contribution is -2.39. The number of nitrogens with zero attached hydrogens (tertiary/aromatic N) is 2. The predicted octanol–water partition coefficient (Wildman–Crippen LogP) is 1.92. The Morgan fingerprint density at radius 3 is 2.62 bits per heavy atom. The van der Waals surface area contributed by atoms with Crippen molar-refractivity contribution in [1.82, 2.24) is 4.98 Å². The summed E-state index contributed by atoms with van der Waals surface area (Å²) in [5.41, 5.74) is 6.73. The van der Waals surface area contributed by atoms with Crippen LogP contribution in [-0.2, 0) is 4.74 Å². The zero-order valence-electron chi connectivity index (χ0n) is 11.5. The zero-order valence-corrected chi connectivity index (χ0v) is 11.5. The van der Waals surface area contributed by atoms with Gasteiger partial charge >= 0.3 is 6.36 Å². The van der Waals surface area contributed by atoms with Gasteiger partial charge in [0.05, 0.1) is 24.7 Å². The molecule has 0 unspecified atom stereocenters. The molecule has 0 aromatic carbocycles. The van der Waals surface area contributed by atoms with Crippen LogP contribution in [0.15, 0.2) is 18.5 Å². The van der Waals surface area contributed by atoms with E-state index in [9.17, 15) is 13.2 Å². The van der Waals surface area contributed by atoms with E-state index in [2.05, 4.69) is 14.6 Å².